The molecule has 1 amide bonds. The molecule has 4 heteroatoms. The van der Waals surface area contributed by atoms with Gasteiger partial charge in [0.15, 0.2) is 0 Å². The first-order chi connectivity index (χ1) is 10.1. The van der Waals surface area contributed by atoms with Gasteiger partial charge in [-0.1, -0.05) is 19.1 Å². The average molecular weight is 289 g/mol. The number of amides is 1. The Hall–Kier alpha value is -1.55. The fourth-order valence-corrected chi connectivity index (χ4v) is 2.81. The summed E-state index contributed by atoms with van der Waals surface area (Å²) in [5.74, 6) is 0.190. The zero-order valence-electron chi connectivity index (χ0n) is 13.6. The Balaban J connectivity index is 2.09. The molecule has 2 rings (SSSR count). The number of nitrogens with one attached hydrogen (secondary N) is 1. The van der Waals surface area contributed by atoms with Gasteiger partial charge >= 0.3 is 0 Å². The largest absolute Gasteiger partial charge is 0.362 e. The van der Waals surface area contributed by atoms with Crippen LogP contribution in [0.4, 0.5) is 5.69 Å². The highest BCUT2D eigenvalue weighted by Gasteiger charge is 2.22. The van der Waals surface area contributed by atoms with Crippen LogP contribution in [-0.2, 0) is 11.2 Å². The number of nitrogens with zero attached hydrogens (tertiary/aromatic N) is 2. The molecule has 0 spiro atoms. The van der Waals surface area contributed by atoms with Crippen molar-refractivity contribution in [1.82, 2.24) is 10.2 Å². The third kappa shape index (κ3) is 3.56. The maximum absolute atomic E-state index is 12.1. The Morgan fingerprint density at radius 3 is 2.86 bits per heavy atom. The van der Waals surface area contributed by atoms with E-state index in [0.29, 0.717) is 12.6 Å². The van der Waals surface area contributed by atoms with Crippen LogP contribution >= 0.6 is 0 Å². The second-order valence-electron chi connectivity index (χ2n) is 5.75. The summed E-state index contributed by atoms with van der Waals surface area (Å²) in [6.45, 7) is 9.49. The quantitative estimate of drug-likeness (QED) is 0.872. The maximum Gasteiger partial charge on any atom is 0.241 e. The minimum absolute atomic E-state index is 0.190. The number of carbonyl (C=O) groups is 1. The summed E-state index contributed by atoms with van der Waals surface area (Å²) in [5.41, 5.74) is 3.92. The highest BCUT2D eigenvalue weighted by atomic mass is 16.2. The normalized spacial score (nSPS) is 15.0. The van der Waals surface area contributed by atoms with Gasteiger partial charge in [-0.25, -0.2) is 0 Å². The van der Waals surface area contributed by atoms with Crippen LogP contribution in [0, 0.1) is 0 Å². The van der Waals surface area contributed by atoms with Gasteiger partial charge in [0.1, 0.15) is 0 Å². The molecule has 0 bridgehead atoms. The van der Waals surface area contributed by atoms with Crippen LogP contribution in [0.2, 0.25) is 0 Å². The van der Waals surface area contributed by atoms with E-state index in [1.54, 1.807) is 4.90 Å². The minimum atomic E-state index is 0.190. The Bertz CT molecular complexity index is 501. The van der Waals surface area contributed by atoms with Crippen LogP contribution < -0.4 is 10.2 Å². The summed E-state index contributed by atoms with van der Waals surface area (Å²) in [6.07, 6.45) is 1.03. The molecule has 0 aromatic heterocycles. The lowest BCUT2D eigenvalue weighted by Gasteiger charge is -2.23. The molecule has 0 radical (unpaired) electrons. The van der Waals surface area contributed by atoms with Crippen molar-refractivity contribution in [2.24, 2.45) is 0 Å². The standard InChI is InChI=1S/C17H27N3O/c1-5-18-13(3)14-7-8-16-15(11-14)9-10-20(16)12-17(21)19(4)6-2/h7-8,11,13,18H,5-6,9-10,12H2,1-4H3. The van der Waals surface area contributed by atoms with Gasteiger partial charge in [-0.15, -0.1) is 0 Å². The topological polar surface area (TPSA) is 35.6 Å². The number of benzene rings is 1. The second kappa shape index (κ2) is 6.94. The summed E-state index contributed by atoms with van der Waals surface area (Å²) < 4.78 is 0. The zero-order valence-corrected chi connectivity index (χ0v) is 13.6. The van der Waals surface area contributed by atoms with Gasteiger partial charge in [0.2, 0.25) is 5.91 Å². The van der Waals surface area contributed by atoms with Gasteiger partial charge in [0.25, 0.3) is 0 Å². The van der Waals surface area contributed by atoms with Crippen LogP contribution in [0.25, 0.3) is 0 Å². The van der Waals surface area contributed by atoms with Gasteiger partial charge in [-0.2, -0.15) is 0 Å². The first-order valence-corrected chi connectivity index (χ1v) is 7.91. The molecule has 0 saturated carbocycles. The van der Waals surface area contributed by atoms with Gasteiger partial charge in [0, 0.05) is 31.9 Å². The van der Waals surface area contributed by atoms with Gasteiger partial charge in [-0.3, -0.25) is 4.79 Å². The van der Waals surface area contributed by atoms with E-state index in [1.165, 1.54) is 16.8 Å². The third-order valence-corrected chi connectivity index (χ3v) is 4.33. The van der Waals surface area contributed by atoms with E-state index in [9.17, 15) is 4.79 Å². The van der Waals surface area contributed by atoms with Gasteiger partial charge < -0.3 is 15.1 Å². The Kier molecular flexibility index (Phi) is 5.23. The molecule has 1 atom stereocenters. The first kappa shape index (κ1) is 15.8. The summed E-state index contributed by atoms with van der Waals surface area (Å²) in [6, 6.07) is 7.02. The second-order valence-corrected chi connectivity index (χ2v) is 5.75. The number of fused-ring (bicyclic) bond motifs is 1. The van der Waals surface area contributed by atoms with Crippen molar-refractivity contribution in [2.45, 2.75) is 33.2 Å². The molecule has 1 N–H and O–H groups in total. The van der Waals surface area contributed by atoms with Crippen LogP contribution in [0.5, 0.6) is 0 Å². The molecular formula is C17H27N3O. The SMILES string of the molecule is CCNC(C)c1ccc2c(c1)CCN2CC(=O)N(C)CC. The molecule has 4 nitrogen and oxygen atoms in total. The predicted octanol–water partition coefficient (Wildman–Crippen LogP) is 2.20. The van der Waals surface area contributed by atoms with E-state index in [-0.39, 0.29) is 5.91 Å². The highest BCUT2D eigenvalue weighted by Crippen LogP contribution is 2.30. The minimum Gasteiger partial charge on any atom is -0.362 e. The number of anilines is 1. The molecule has 1 heterocycles. The van der Waals surface area contributed by atoms with Crippen LogP contribution in [0.1, 0.15) is 37.9 Å². The van der Waals surface area contributed by atoms with E-state index < -0.39 is 0 Å². The number of likely N-dealkylation sites (N-methyl/N-ethyl adjacent to an activating group) is 1. The van der Waals surface area contributed by atoms with Crippen molar-refractivity contribution in [2.75, 3.05) is 38.1 Å². The predicted molar refractivity (Wildman–Crippen MR) is 87.8 cm³/mol. The van der Waals surface area contributed by atoms with Crippen molar-refractivity contribution in [3.05, 3.63) is 29.3 Å². The van der Waals surface area contributed by atoms with E-state index in [1.807, 2.05) is 14.0 Å². The maximum atomic E-state index is 12.1. The van der Waals surface area contributed by atoms with Crippen LogP contribution in [0.3, 0.4) is 0 Å². The van der Waals surface area contributed by atoms with Crippen molar-refractivity contribution >= 4 is 11.6 Å². The summed E-state index contributed by atoms with van der Waals surface area (Å²) in [7, 11) is 1.86. The fourth-order valence-electron chi connectivity index (χ4n) is 2.81. The smallest absolute Gasteiger partial charge is 0.241 e. The summed E-state index contributed by atoms with van der Waals surface area (Å²) in [5, 5.41) is 3.44. The van der Waals surface area contributed by atoms with E-state index in [0.717, 1.165) is 26.1 Å². The molecule has 1 aromatic carbocycles. The lowest BCUT2D eigenvalue weighted by Crippen LogP contribution is -2.37. The lowest BCUT2D eigenvalue weighted by molar-refractivity contribution is -0.128. The fraction of sp³-hybridized carbons (Fsp3) is 0.588. The Morgan fingerprint density at radius 1 is 1.43 bits per heavy atom. The van der Waals surface area contributed by atoms with E-state index in [2.05, 4.69) is 42.3 Å². The number of carbonyl (C=O) groups excluding carboxylic acids is 1. The van der Waals surface area contributed by atoms with Crippen molar-refractivity contribution in [3.63, 3.8) is 0 Å². The molecule has 0 saturated heterocycles. The molecule has 1 aliphatic rings. The van der Waals surface area contributed by atoms with Crippen LogP contribution in [-0.4, -0.2) is 44.0 Å². The zero-order chi connectivity index (χ0) is 15.4. The van der Waals surface area contributed by atoms with E-state index in [4.69, 9.17) is 0 Å². The number of hydrogen-bond acceptors (Lipinski definition) is 3. The van der Waals surface area contributed by atoms with Crippen molar-refractivity contribution in [1.29, 1.82) is 0 Å². The Labute approximate surface area is 128 Å². The summed E-state index contributed by atoms with van der Waals surface area (Å²) in [4.78, 5) is 16.1. The molecule has 1 aliphatic heterocycles. The van der Waals surface area contributed by atoms with Gasteiger partial charge in [0.05, 0.1) is 6.54 Å². The van der Waals surface area contributed by atoms with Crippen molar-refractivity contribution in [3.8, 4) is 0 Å². The third-order valence-electron chi connectivity index (χ3n) is 4.33. The Morgan fingerprint density at radius 2 is 2.19 bits per heavy atom. The molecule has 0 aliphatic carbocycles. The van der Waals surface area contributed by atoms with Gasteiger partial charge in [-0.05, 0) is 44.0 Å². The van der Waals surface area contributed by atoms with Crippen LogP contribution in [0.15, 0.2) is 18.2 Å². The number of rotatable bonds is 6. The van der Waals surface area contributed by atoms with E-state index >= 15 is 0 Å². The molecule has 21 heavy (non-hydrogen) atoms. The highest BCUT2D eigenvalue weighted by molar-refractivity contribution is 5.82. The molecule has 1 unspecified atom stereocenters. The number of hydrogen-bond donors (Lipinski definition) is 1. The summed E-state index contributed by atoms with van der Waals surface area (Å²) >= 11 is 0. The monoisotopic (exact) mass is 289 g/mol. The lowest BCUT2D eigenvalue weighted by atomic mass is 10.0. The molecule has 0 fully saturated rings. The van der Waals surface area contributed by atoms with Crippen molar-refractivity contribution < 1.29 is 4.79 Å². The molecule has 116 valence electrons. The molecular weight excluding hydrogens is 262 g/mol. The first-order valence-electron chi connectivity index (χ1n) is 7.91. The average Bonchev–Trinajstić information content (AvgIpc) is 2.88. The molecule has 1 aromatic rings.